The third-order valence-corrected chi connectivity index (χ3v) is 3.28. The number of hydrogen-bond donors (Lipinski definition) is 1. The van der Waals surface area contributed by atoms with Crippen molar-refractivity contribution in [2.45, 2.75) is 45.2 Å². The Kier molecular flexibility index (Phi) is 10.2. The Balaban J connectivity index is 0.00000324. The topological polar surface area (TPSA) is 64.8 Å². The average Bonchev–Trinajstić information content (AvgIpc) is 2.38. The van der Waals surface area contributed by atoms with Gasteiger partial charge in [-0.3, -0.25) is 4.79 Å². The summed E-state index contributed by atoms with van der Waals surface area (Å²) in [6.07, 6.45) is 3.22. The van der Waals surface area contributed by atoms with Gasteiger partial charge in [0.1, 0.15) is 6.61 Å². The molecule has 2 unspecified atom stereocenters. The Morgan fingerprint density at radius 1 is 1.37 bits per heavy atom. The smallest absolute Gasteiger partial charge is 0.248 e. The van der Waals surface area contributed by atoms with Crippen LogP contribution in [0.3, 0.4) is 0 Å². The summed E-state index contributed by atoms with van der Waals surface area (Å²) in [6, 6.07) is 0.194. The largest absolute Gasteiger partial charge is 0.379 e. The summed E-state index contributed by atoms with van der Waals surface area (Å²) in [5.41, 5.74) is 5.94. The normalized spacial score (nSPS) is 20.8. The molecule has 1 saturated heterocycles. The van der Waals surface area contributed by atoms with E-state index in [4.69, 9.17) is 15.2 Å². The van der Waals surface area contributed by atoms with Gasteiger partial charge in [0.05, 0.1) is 13.2 Å². The van der Waals surface area contributed by atoms with E-state index < -0.39 is 0 Å². The molecule has 1 heterocycles. The molecule has 0 aromatic rings. The molecule has 1 fully saturated rings. The van der Waals surface area contributed by atoms with Gasteiger partial charge in [0.25, 0.3) is 0 Å². The van der Waals surface area contributed by atoms with E-state index in [1.807, 2.05) is 18.7 Å². The predicted molar refractivity (Wildman–Crippen MR) is 77.6 cm³/mol. The average molecular weight is 295 g/mol. The number of nitrogens with zero attached hydrogens (tertiary/aromatic N) is 1. The molecule has 0 radical (unpaired) electrons. The van der Waals surface area contributed by atoms with Crippen molar-refractivity contribution in [2.75, 3.05) is 33.0 Å². The quantitative estimate of drug-likeness (QED) is 0.716. The lowest BCUT2D eigenvalue weighted by Crippen LogP contribution is -2.52. The highest BCUT2D eigenvalue weighted by Gasteiger charge is 2.28. The van der Waals surface area contributed by atoms with Gasteiger partial charge in [0.2, 0.25) is 5.91 Å². The first-order chi connectivity index (χ1) is 8.66. The van der Waals surface area contributed by atoms with Crippen LogP contribution in [0.15, 0.2) is 0 Å². The number of hydrogen-bond acceptors (Lipinski definition) is 4. The number of ether oxygens (including phenoxy) is 2. The summed E-state index contributed by atoms with van der Waals surface area (Å²) in [6.45, 7) is 6.53. The highest BCUT2D eigenvalue weighted by Crippen LogP contribution is 2.19. The number of piperidine rings is 1. The lowest BCUT2D eigenvalue weighted by Gasteiger charge is -2.38. The summed E-state index contributed by atoms with van der Waals surface area (Å²) in [5.74, 6) is 0.0495. The fraction of sp³-hybridized carbons (Fsp3) is 0.923. The van der Waals surface area contributed by atoms with E-state index >= 15 is 0 Å². The zero-order chi connectivity index (χ0) is 13.4. The molecule has 0 aromatic heterocycles. The van der Waals surface area contributed by atoms with Gasteiger partial charge in [0, 0.05) is 25.2 Å². The van der Waals surface area contributed by atoms with Crippen molar-refractivity contribution in [3.05, 3.63) is 0 Å². The van der Waals surface area contributed by atoms with Crippen molar-refractivity contribution in [1.29, 1.82) is 0 Å². The molecular weight excluding hydrogens is 268 g/mol. The van der Waals surface area contributed by atoms with Gasteiger partial charge in [-0.25, -0.2) is 0 Å². The van der Waals surface area contributed by atoms with Gasteiger partial charge in [-0.1, -0.05) is 0 Å². The fourth-order valence-electron chi connectivity index (χ4n) is 2.32. The fourth-order valence-corrected chi connectivity index (χ4v) is 2.32. The SMILES string of the molecule is CCOCCOCC(=O)N1CCCCC1C(C)N.Cl. The second-order valence-corrected chi connectivity index (χ2v) is 4.76. The predicted octanol–water partition coefficient (Wildman–Crippen LogP) is 1.19. The first-order valence-corrected chi connectivity index (χ1v) is 6.87. The maximum atomic E-state index is 12.1. The molecule has 114 valence electrons. The first-order valence-electron chi connectivity index (χ1n) is 6.87. The van der Waals surface area contributed by atoms with Gasteiger partial charge < -0.3 is 20.1 Å². The molecule has 6 heteroatoms. The molecule has 19 heavy (non-hydrogen) atoms. The van der Waals surface area contributed by atoms with E-state index in [9.17, 15) is 4.79 Å². The van der Waals surface area contributed by atoms with Crippen molar-refractivity contribution in [3.63, 3.8) is 0 Å². The van der Waals surface area contributed by atoms with Crippen LogP contribution in [-0.2, 0) is 14.3 Å². The van der Waals surface area contributed by atoms with Crippen LogP contribution in [0.2, 0.25) is 0 Å². The highest BCUT2D eigenvalue weighted by molar-refractivity contribution is 5.85. The van der Waals surface area contributed by atoms with Crippen molar-refractivity contribution < 1.29 is 14.3 Å². The monoisotopic (exact) mass is 294 g/mol. The van der Waals surface area contributed by atoms with E-state index in [1.54, 1.807) is 0 Å². The van der Waals surface area contributed by atoms with Crippen LogP contribution < -0.4 is 5.73 Å². The number of amides is 1. The third-order valence-electron chi connectivity index (χ3n) is 3.28. The van der Waals surface area contributed by atoms with Crippen LogP contribution in [-0.4, -0.2) is 55.9 Å². The molecule has 5 nitrogen and oxygen atoms in total. The summed E-state index contributed by atoms with van der Waals surface area (Å²) < 4.78 is 10.5. The van der Waals surface area contributed by atoms with Crippen LogP contribution in [0.5, 0.6) is 0 Å². The molecule has 1 amide bonds. The van der Waals surface area contributed by atoms with E-state index in [0.29, 0.717) is 19.8 Å². The molecule has 1 rings (SSSR count). The van der Waals surface area contributed by atoms with Gasteiger partial charge in [-0.05, 0) is 33.1 Å². The second kappa shape index (κ2) is 10.4. The lowest BCUT2D eigenvalue weighted by molar-refractivity contribution is -0.140. The maximum Gasteiger partial charge on any atom is 0.248 e. The molecular formula is C13H27ClN2O3. The van der Waals surface area contributed by atoms with E-state index in [2.05, 4.69) is 0 Å². The van der Waals surface area contributed by atoms with Gasteiger partial charge in [-0.15, -0.1) is 12.4 Å². The summed E-state index contributed by atoms with van der Waals surface area (Å²) in [5, 5.41) is 0. The molecule has 0 aromatic carbocycles. The van der Waals surface area contributed by atoms with Crippen LogP contribution in [0.4, 0.5) is 0 Å². The minimum atomic E-state index is 0. The van der Waals surface area contributed by atoms with Crippen LogP contribution in [0.1, 0.15) is 33.1 Å². The molecule has 1 aliphatic rings. The van der Waals surface area contributed by atoms with Gasteiger partial charge in [0.15, 0.2) is 0 Å². The second-order valence-electron chi connectivity index (χ2n) is 4.76. The molecule has 0 spiro atoms. The third kappa shape index (κ3) is 6.56. The maximum absolute atomic E-state index is 12.1. The minimum Gasteiger partial charge on any atom is -0.379 e. The molecule has 0 aliphatic carbocycles. The highest BCUT2D eigenvalue weighted by atomic mass is 35.5. The summed E-state index contributed by atoms with van der Waals surface area (Å²) >= 11 is 0. The Bertz CT molecular complexity index is 252. The molecule has 2 atom stereocenters. The first kappa shape index (κ1) is 18.6. The Morgan fingerprint density at radius 2 is 2.05 bits per heavy atom. The lowest BCUT2D eigenvalue weighted by atomic mass is 9.97. The Labute approximate surface area is 122 Å². The van der Waals surface area contributed by atoms with E-state index in [0.717, 1.165) is 25.8 Å². The summed E-state index contributed by atoms with van der Waals surface area (Å²) in [4.78, 5) is 13.9. The van der Waals surface area contributed by atoms with Crippen molar-refractivity contribution in [3.8, 4) is 0 Å². The molecule has 0 saturated carbocycles. The van der Waals surface area contributed by atoms with E-state index in [1.165, 1.54) is 0 Å². The van der Waals surface area contributed by atoms with Crippen LogP contribution in [0.25, 0.3) is 0 Å². The van der Waals surface area contributed by atoms with Gasteiger partial charge in [-0.2, -0.15) is 0 Å². The zero-order valence-corrected chi connectivity index (χ0v) is 12.8. The number of carbonyl (C=O) groups excluding carboxylic acids is 1. The van der Waals surface area contributed by atoms with Crippen molar-refractivity contribution in [2.24, 2.45) is 5.73 Å². The van der Waals surface area contributed by atoms with Gasteiger partial charge >= 0.3 is 0 Å². The number of halogens is 1. The molecule has 2 N–H and O–H groups in total. The zero-order valence-electron chi connectivity index (χ0n) is 12.0. The number of carbonyl (C=O) groups is 1. The number of nitrogens with two attached hydrogens (primary N) is 1. The molecule has 0 bridgehead atoms. The van der Waals surface area contributed by atoms with Crippen LogP contribution >= 0.6 is 12.4 Å². The standard InChI is InChI=1S/C13H26N2O3.ClH/c1-3-17-8-9-18-10-13(16)15-7-5-4-6-12(15)11(2)14;/h11-12H,3-10,14H2,1-2H3;1H. The summed E-state index contributed by atoms with van der Waals surface area (Å²) in [7, 11) is 0. The number of likely N-dealkylation sites (tertiary alicyclic amines) is 1. The number of rotatable bonds is 7. The van der Waals surface area contributed by atoms with Crippen LogP contribution in [0, 0.1) is 0 Å². The minimum absolute atomic E-state index is 0. The molecule has 1 aliphatic heterocycles. The Hall–Kier alpha value is -0.360. The van der Waals surface area contributed by atoms with Crippen molar-refractivity contribution >= 4 is 18.3 Å². The van der Waals surface area contributed by atoms with Crippen molar-refractivity contribution in [1.82, 2.24) is 4.90 Å². The Morgan fingerprint density at radius 3 is 2.68 bits per heavy atom. The van der Waals surface area contributed by atoms with E-state index in [-0.39, 0.29) is 37.0 Å².